The molecular formula is C32H34ClFN8O2S. The monoisotopic (exact) mass is 648 g/mol. The number of benzene rings is 2. The number of aliphatic imine (C=N–C) groups is 1. The van der Waals surface area contributed by atoms with Gasteiger partial charge in [-0.1, -0.05) is 23.7 Å². The zero-order valence-corrected chi connectivity index (χ0v) is 26.6. The quantitative estimate of drug-likeness (QED) is 0.295. The maximum atomic E-state index is 14.4. The van der Waals surface area contributed by atoms with Crippen molar-refractivity contribution in [3.05, 3.63) is 76.4 Å². The summed E-state index contributed by atoms with van der Waals surface area (Å²) in [7, 11) is 2.07. The van der Waals surface area contributed by atoms with Crippen LogP contribution in [0.25, 0.3) is 22.0 Å². The molecule has 1 amide bonds. The number of alkyl halides is 1. The van der Waals surface area contributed by atoms with Gasteiger partial charge in [0, 0.05) is 68.8 Å². The summed E-state index contributed by atoms with van der Waals surface area (Å²) in [5, 5.41) is 20.5. The summed E-state index contributed by atoms with van der Waals surface area (Å²) >= 11 is 8.41. The number of hydrogen-bond acceptors (Lipinski definition) is 8. The third-order valence-corrected chi connectivity index (χ3v) is 9.83. The van der Waals surface area contributed by atoms with Gasteiger partial charge in [-0.25, -0.2) is 14.4 Å². The number of anilines is 1. The number of carbonyl (C=O) groups excluding carboxylic acids is 1. The first-order valence-electron chi connectivity index (χ1n) is 15.0. The van der Waals surface area contributed by atoms with E-state index in [4.69, 9.17) is 16.7 Å². The number of rotatable bonds is 8. The fourth-order valence-corrected chi connectivity index (χ4v) is 7.05. The average molecular weight is 649 g/mol. The highest BCUT2D eigenvalue weighted by Crippen LogP contribution is 2.37. The molecule has 2 atom stereocenters. The van der Waals surface area contributed by atoms with Gasteiger partial charge in [-0.3, -0.25) is 14.4 Å². The van der Waals surface area contributed by atoms with E-state index in [-0.39, 0.29) is 25.0 Å². The lowest BCUT2D eigenvalue weighted by molar-refractivity contribution is -0.122. The number of nitrogens with one attached hydrogen (secondary N) is 1. The summed E-state index contributed by atoms with van der Waals surface area (Å²) < 4.78 is 17.8. The fourth-order valence-electron chi connectivity index (χ4n) is 6.25. The first-order valence-corrected chi connectivity index (χ1v) is 16.4. The number of aromatic nitrogens is 4. The van der Waals surface area contributed by atoms with E-state index in [0.29, 0.717) is 33.5 Å². The number of aliphatic hydroxyl groups is 1. The van der Waals surface area contributed by atoms with E-state index >= 15 is 0 Å². The highest BCUT2D eigenvalue weighted by Gasteiger charge is 2.35. The van der Waals surface area contributed by atoms with E-state index in [0.717, 1.165) is 53.9 Å². The largest absolute Gasteiger partial charge is 0.390 e. The zero-order valence-electron chi connectivity index (χ0n) is 25.0. The SMILES string of the molecule is Cc1c(-c2ccc(N(C)CCN3CC(O)C3)cc2)cc(Cl)c2cn(C(C(=O)NC3=NC=CSC3)c3ncn4c3C[C@@H](F)C4)nc12. The summed E-state index contributed by atoms with van der Waals surface area (Å²) in [6, 6.07) is 9.35. The molecule has 7 rings (SSSR count). The van der Waals surface area contributed by atoms with Crippen molar-refractivity contribution in [3.63, 3.8) is 0 Å². The van der Waals surface area contributed by atoms with Gasteiger partial charge in [-0.15, -0.1) is 11.8 Å². The van der Waals surface area contributed by atoms with Crippen LogP contribution in [0.3, 0.4) is 0 Å². The number of likely N-dealkylation sites (tertiary alicyclic amines) is 1. The van der Waals surface area contributed by atoms with Gasteiger partial charge in [-0.05, 0) is 47.2 Å². The lowest BCUT2D eigenvalue weighted by Gasteiger charge is -2.37. The van der Waals surface area contributed by atoms with Crippen LogP contribution in [0, 0.1) is 6.92 Å². The first-order chi connectivity index (χ1) is 21.7. The number of amidine groups is 1. The number of aliphatic hydroxyl groups excluding tert-OH is 1. The molecule has 2 aromatic carbocycles. The molecule has 10 nitrogen and oxygen atoms in total. The second-order valence-electron chi connectivity index (χ2n) is 11.9. The Balaban J connectivity index is 1.20. The Kier molecular flexibility index (Phi) is 8.15. The summed E-state index contributed by atoms with van der Waals surface area (Å²) in [4.78, 5) is 27.2. The molecule has 0 aliphatic carbocycles. The van der Waals surface area contributed by atoms with E-state index in [1.54, 1.807) is 28.0 Å². The minimum absolute atomic E-state index is 0.190. The number of amides is 1. The molecule has 3 aliphatic heterocycles. The topological polar surface area (TPSA) is 104 Å². The van der Waals surface area contributed by atoms with Crippen molar-refractivity contribution in [2.45, 2.75) is 38.2 Å². The molecule has 1 saturated heterocycles. The summed E-state index contributed by atoms with van der Waals surface area (Å²) in [6.07, 6.45) is 4.00. The van der Waals surface area contributed by atoms with Crippen molar-refractivity contribution < 1.29 is 14.3 Å². The molecule has 0 saturated carbocycles. The maximum Gasteiger partial charge on any atom is 0.256 e. The van der Waals surface area contributed by atoms with Crippen molar-refractivity contribution in [1.82, 2.24) is 29.5 Å². The second kappa shape index (κ2) is 12.2. The predicted molar refractivity (Wildman–Crippen MR) is 177 cm³/mol. The van der Waals surface area contributed by atoms with Crippen LogP contribution in [0.1, 0.15) is 23.0 Å². The predicted octanol–water partition coefficient (Wildman–Crippen LogP) is 4.19. The molecule has 13 heteroatoms. The van der Waals surface area contributed by atoms with Gasteiger partial charge in [0.15, 0.2) is 6.04 Å². The Morgan fingerprint density at radius 3 is 2.80 bits per heavy atom. The van der Waals surface area contributed by atoms with Gasteiger partial charge in [0.25, 0.3) is 5.91 Å². The van der Waals surface area contributed by atoms with Gasteiger partial charge < -0.3 is 19.9 Å². The minimum atomic E-state index is -1.02. The van der Waals surface area contributed by atoms with Crippen LogP contribution in [0.15, 0.2) is 59.5 Å². The van der Waals surface area contributed by atoms with Crippen LogP contribution in [-0.4, -0.2) is 92.3 Å². The summed E-state index contributed by atoms with van der Waals surface area (Å²) in [5.41, 5.74) is 5.83. The molecule has 2 aromatic heterocycles. The van der Waals surface area contributed by atoms with Crippen LogP contribution < -0.4 is 10.2 Å². The lowest BCUT2D eigenvalue weighted by atomic mass is 9.98. The summed E-state index contributed by atoms with van der Waals surface area (Å²) in [6.45, 7) is 5.48. The van der Waals surface area contributed by atoms with Crippen LogP contribution in [0.2, 0.25) is 5.02 Å². The van der Waals surface area contributed by atoms with Crippen molar-refractivity contribution in [3.8, 4) is 11.1 Å². The first kappa shape index (κ1) is 30.0. The molecule has 0 bridgehead atoms. The summed E-state index contributed by atoms with van der Waals surface area (Å²) in [5.74, 6) is 0.730. The van der Waals surface area contributed by atoms with Gasteiger partial charge in [0.1, 0.15) is 12.0 Å². The number of carbonyl (C=O) groups is 1. The Morgan fingerprint density at radius 2 is 2.07 bits per heavy atom. The number of thioether (sulfide) groups is 1. The molecule has 234 valence electrons. The number of hydrogen-bond donors (Lipinski definition) is 2. The average Bonchev–Trinajstić information content (AvgIpc) is 3.73. The molecule has 4 aromatic rings. The molecule has 1 unspecified atom stereocenters. The Morgan fingerprint density at radius 1 is 1.27 bits per heavy atom. The highest BCUT2D eigenvalue weighted by atomic mass is 35.5. The molecule has 2 N–H and O–H groups in total. The van der Waals surface area contributed by atoms with E-state index < -0.39 is 12.2 Å². The molecule has 3 aliphatic rings. The fraction of sp³-hybridized carbons (Fsp3) is 0.375. The van der Waals surface area contributed by atoms with E-state index in [1.807, 2.05) is 18.4 Å². The molecule has 5 heterocycles. The van der Waals surface area contributed by atoms with Crippen LogP contribution in [0.4, 0.5) is 10.1 Å². The molecule has 45 heavy (non-hydrogen) atoms. The molecule has 0 spiro atoms. The number of likely N-dealkylation sites (N-methyl/N-ethyl adjacent to an activating group) is 1. The Hall–Kier alpha value is -3.71. The van der Waals surface area contributed by atoms with Crippen molar-refractivity contribution in [2.75, 3.05) is 43.9 Å². The second-order valence-corrected chi connectivity index (χ2v) is 13.2. The van der Waals surface area contributed by atoms with Crippen molar-refractivity contribution in [1.29, 1.82) is 0 Å². The number of fused-ring (bicyclic) bond motifs is 2. The van der Waals surface area contributed by atoms with Gasteiger partial charge >= 0.3 is 0 Å². The Labute approximate surface area is 269 Å². The van der Waals surface area contributed by atoms with Crippen molar-refractivity contribution in [2.24, 2.45) is 4.99 Å². The van der Waals surface area contributed by atoms with E-state index in [2.05, 4.69) is 56.4 Å². The van der Waals surface area contributed by atoms with Crippen molar-refractivity contribution >= 4 is 51.7 Å². The maximum absolute atomic E-state index is 14.4. The van der Waals surface area contributed by atoms with E-state index in [1.165, 1.54) is 11.8 Å². The molecular weight excluding hydrogens is 615 g/mol. The van der Waals surface area contributed by atoms with Crippen LogP contribution in [0.5, 0.6) is 0 Å². The minimum Gasteiger partial charge on any atom is -0.390 e. The van der Waals surface area contributed by atoms with Crippen LogP contribution in [-0.2, 0) is 17.8 Å². The third-order valence-electron chi connectivity index (χ3n) is 8.76. The van der Waals surface area contributed by atoms with E-state index in [9.17, 15) is 14.3 Å². The highest BCUT2D eigenvalue weighted by molar-refractivity contribution is 8.02. The normalized spacial score (nSPS) is 19.0. The van der Waals surface area contributed by atoms with Gasteiger partial charge in [-0.2, -0.15) is 5.10 Å². The number of imidazole rings is 1. The van der Waals surface area contributed by atoms with Gasteiger partial charge in [0.05, 0.1) is 41.0 Å². The number of aryl methyl sites for hydroxylation is 1. The van der Waals surface area contributed by atoms with Gasteiger partial charge in [0.2, 0.25) is 0 Å². The number of halogens is 2. The zero-order chi connectivity index (χ0) is 31.2. The number of β-amino-alcohol motifs (C(OH)–C–C–N with tert-alkyl or cyclic N) is 1. The lowest BCUT2D eigenvalue weighted by Crippen LogP contribution is -2.52. The third kappa shape index (κ3) is 5.87. The molecule has 0 radical (unpaired) electrons. The van der Waals surface area contributed by atoms with Crippen LogP contribution >= 0.6 is 23.4 Å². The standard InChI is InChI=1S/C32H34ClFN8O2S/c1-19-24(20-3-5-22(6-4-20)39(2)8-9-40-14-23(43)15-40)12-26(33)25-16-42(38-29(19)25)31(32(44)37-28-17-45-10-7-35-28)30-27-11-21(34)13-41(27)18-36-30/h3-7,10,12,16,18,21,23,31,43H,8-9,11,13-15,17H2,1-2H3,(H,35,37,44)/t21-,31?/m1/s1. The number of nitrogens with zero attached hydrogens (tertiary/aromatic N) is 7. The smallest absolute Gasteiger partial charge is 0.256 e. The Bertz CT molecular complexity index is 1810. The molecule has 1 fully saturated rings.